The monoisotopic (exact) mass is 478 g/mol. The van der Waals surface area contributed by atoms with E-state index in [1.165, 1.54) is 6.07 Å². The Balaban J connectivity index is 0.00000338. The molecular weight excluding hydrogens is 450 g/mol. The zero-order valence-electron chi connectivity index (χ0n) is 15.5. The van der Waals surface area contributed by atoms with Crippen LogP contribution in [0.3, 0.4) is 0 Å². The number of pyridine rings is 1. The van der Waals surface area contributed by atoms with Crippen molar-refractivity contribution in [2.45, 2.75) is 26.3 Å². The molecule has 0 spiro atoms. The Labute approximate surface area is 171 Å². The Kier molecular flexibility index (Phi) is 9.60. The van der Waals surface area contributed by atoms with Crippen LogP contribution >= 0.6 is 24.0 Å². The number of aromatic nitrogens is 1. The van der Waals surface area contributed by atoms with E-state index in [2.05, 4.69) is 25.9 Å². The van der Waals surface area contributed by atoms with E-state index in [0.717, 1.165) is 13.0 Å². The average molecular weight is 478 g/mol. The lowest BCUT2D eigenvalue weighted by Crippen LogP contribution is -2.46. The third-order valence-corrected chi connectivity index (χ3v) is 4.03. The van der Waals surface area contributed by atoms with Crippen molar-refractivity contribution >= 4 is 41.7 Å². The Morgan fingerprint density at radius 2 is 2.15 bits per heavy atom. The maximum Gasteiger partial charge on any atom is 0.222 e. The van der Waals surface area contributed by atoms with Gasteiger partial charge in [0.15, 0.2) is 17.6 Å². The lowest BCUT2D eigenvalue weighted by molar-refractivity contribution is -0.123. The van der Waals surface area contributed by atoms with Crippen molar-refractivity contribution in [3.8, 4) is 0 Å². The molecule has 0 bridgehead atoms. The van der Waals surface area contributed by atoms with E-state index >= 15 is 0 Å². The van der Waals surface area contributed by atoms with Crippen LogP contribution in [0.1, 0.15) is 20.3 Å². The van der Waals surface area contributed by atoms with Crippen molar-refractivity contribution in [2.75, 3.05) is 38.1 Å². The van der Waals surface area contributed by atoms with Gasteiger partial charge in [0, 0.05) is 51.4 Å². The second-order valence-corrected chi connectivity index (χ2v) is 6.33. The first kappa shape index (κ1) is 22.4. The van der Waals surface area contributed by atoms with Gasteiger partial charge in [-0.2, -0.15) is 0 Å². The highest BCUT2D eigenvalue weighted by molar-refractivity contribution is 14.0. The van der Waals surface area contributed by atoms with Gasteiger partial charge in [0.1, 0.15) is 0 Å². The normalized spacial score (nSPS) is 17.0. The fourth-order valence-corrected chi connectivity index (χ4v) is 2.64. The summed E-state index contributed by atoms with van der Waals surface area (Å²) in [5.74, 6) is 0.785. The van der Waals surface area contributed by atoms with Gasteiger partial charge in [0.25, 0.3) is 0 Å². The van der Waals surface area contributed by atoms with Crippen molar-refractivity contribution < 1.29 is 9.18 Å². The summed E-state index contributed by atoms with van der Waals surface area (Å²) in [7, 11) is 1.70. The minimum absolute atomic E-state index is 0. The SMILES string of the molecule is CN=C(NCCNC(=O)C(C)C)NC1CCN(c2ncccc2F)C1.I. The fourth-order valence-electron chi connectivity index (χ4n) is 2.64. The van der Waals surface area contributed by atoms with Crippen molar-refractivity contribution in [2.24, 2.45) is 10.9 Å². The van der Waals surface area contributed by atoms with Crippen LogP contribution in [0.2, 0.25) is 0 Å². The van der Waals surface area contributed by atoms with E-state index in [1.807, 2.05) is 18.7 Å². The Morgan fingerprint density at radius 3 is 2.81 bits per heavy atom. The molecule has 0 aliphatic carbocycles. The summed E-state index contributed by atoms with van der Waals surface area (Å²) in [5.41, 5.74) is 0. The highest BCUT2D eigenvalue weighted by Gasteiger charge is 2.25. The minimum Gasteiger partial charge on any atom is -0.355 e. The molecule has 1 atom stereocenters. The zero-order chi connectivity index (χ0) is 18.2. The summed E-state index contributed by atoms with van der Waals surface area (Å²) >= 11 is 0. The standard InChI is InChI=1S/C17H27FN6O.HI/c1-12(2)16(25)21-8-9-22-17(19-3)23-13-6-10-24(11-13)15-14(18)5-4-7-20-15;/h4-5,7,12-13H,6,8-11H2,1-3H3,(H,21,25)(H2,19,22,23);1H. The third-order valence-electron chi connectivity index (χ3n) is 4.03. The molecule has 1 aromatic rings. The van der Waals surface area contributed by atoms with Gasteiger partial charge in [-0.1, -0.05) is 13.8 Å². The second kappa shape index (κ2) is 11.1. The lowest BCUT2D eigenvalue weighted by atomic mass is 10.2. The minimum atomic E-state index is -0.299. The molecule has 3 N–H and O–H groups in total. The summed E-state index contributed by atoms with van der Waals surface area (Å²) < 4.78 is 13.8. The Morgan fingerprint density at radius 1 is 1.42 bits per heavy atom. The summed E-state index contributed by atoms with van der Waals surface area (Å²) in [6.07, 6.45) is 2.48. The van der Waals surface area contributed by atoms with E-state index in [0.29, 0.717) is 31.4 Å². The average Bonchev–Trinajstić information content (AvgIpc) is 3.05. The molecule has 2 rings (SSSR count). The molecule has 7 nitrogen and oxygen atoms in total. The van der Waals surface area contributed by atoms with Crippen LogP contribution in [0.25, 0.3) is 0 Å². The number of carbonyl (C=O) groups is 1. The second-order valence-electron chi connectivity index (χ2n) is 6.33. The number of halogens is 2. The molecular formula is C17H28FIN6O. The molecule has 1 saturated heterocycles. The molecule has 0 saturated carbocycles. The molecule has 146 valence electrons. The van der Waals surface area contributed by atoms with E-state index in [-0.39, 0.29) is 47.7 Å². The predicted molar refractivity (Wildman–Crippen MR) is 113 cm³/mol. The number of aliphatic imine (C=N–C) groups is 1. The van der Waals surface area contributed by atoms with Gasteiger partial charge in [-0.25, -0.2) is 9.37 Å². The maximum atomic E-state index is 13.8. The largest absolute Gasteiger partial charge is 0.355 e. The van der Waals surface area contributed by atoms with E-state index in [4.69, 9.17) is 0 Å². The van der Waals surface area contributed by atoms with Crippen LogP contribution in [-0.2, 0) is 4.79 Å². The van der Waals surface area contributed by atoms with E-state index in [1.54, 1.807) is 19.3 Å². The van der Waals surface area contributed by atoms with E-state index in [9.17, 15) is 9.18 Å². The number of amides is 1. The molecule has 26 heavy (non-hydrogen) atoms. The van der Waals surface area contributed by atoms with Crippen LogP contribution < -0.4 is 20.9 Å². The van der Waals surface area contributed by atoms with E-state index < -0.39 is 0 Å². The van der Waals surface area contributed by atoms with Crippen molar-refractivity contribution in [3.05, 3.63) is 24.1 Å². The number of rotatable bonds is 6. The molecule has 1 amide bonds. The fraction of sp³-hybridized carbons (Fsp3) is 0.588. The van der Waals surface area contributed by atoms with Crippen molar-refractivity contribution in [1.29, 1.82) is 0 Å². The number of anilines is 1. The van der Waals surface area contributed by atoms with Crippen LogP contribution in [0, 0.1) is 11.7 Å². The first-order valence-electron chi connectivity index (χ1n) is 8.61. The number of carbonyl (C=O) groups excluding carboxylic acids is 1. The summed E-state index contributed by atoms with van der Waals surface area (Å²) in [6, 6.07) is 3.18. The Bertz CT molecular complexity index is 613. The topological polar surface area (TPSA) is 81.6 Å². The smallest absolute Gasteiger partial charge is 0.222 e. The van der Waals surface area contributed by atoms with Crippen LogP contribution in [-0.4, -0.2) is 56.1 Å². The van der Waals surface area contributed by atoms with Crippen molar-refractivity contribution in [1.82, 2.24) is 20.9 Å². The Hall–Kier alpha value is -1.65. The first-order chi connectivity index (χ1) is 12.0. The number of hydrogen-bond donors (Lipinski definition) is 3. The molecule has 0 aromatic carbocycles. The van der Waals surface area contributed by atoms with Gasteiger partial charge in [-0.15, -0.1) is 24.0 Å². The number of guanidine groups is 1. The first-order valence-corrected chi connectivity index (χ1v) is 8.61. The van der Waals surface area contributed by atoms with Crippen LogP contribution in [0.5, 0.6) is 0 Å². The third kappa shape index (κ3) is 6.58. The van der Waals surface area contributed by atoms with Gasteiger partial charge in [0.05, 0.1) is 0 Å². The molecule has 0 radical (unpaired) electrons. The lowest BCUT2D eigenvalue weighted by Gasteiger charge is -2.20. The number of hydrogen-bond acceptors (Lipinski definition) is 4. The number of nitrogens with zero attached hydrogens (tertiary/aromatic N) is 3. The maximum absolute atomic E-state index is 13.8. The quantitative estimate of drug-likeness (QED) is 0.249. The van der Waals surface area contributed by atoms with Crippen LogP contribution in [0.4, 0.5) is 10.2 Å². The van der Waals surface area contributed by atoms with Gasteiger partial charge >= 0.3 is 0 Å². The van der Waals surface area contributed by atoms with Gasteiger partial charge in [-0.05, 0) is 18.6 Å². The predicted octanol–water partition coefficient (Wildman–Crippen LogP) is 1.35. The van der Waals surface area contributed by atoms with Crippen molar-refractivity contribution in [3.63, 3.8) is 0 Å². The van der Waals surface area contributed by atoms with Crippen LogP contribution in [0.15, 0.2) is 23.3 Å². The number of nitrogens with one attached hydrogen (secondary N) is 3. The molecule has 1 aromatic heterocycles. The summed E-state index contributed by atoms with van der Waals surface area (Å²) in [6.45, 7) is 6.25. The molecule has 9 heteroatoms. The molecule has 1 unspecified atom stereocenters. The molecule has 2 heterocycles. The van der Waals surface area contributed by atoms with Gasteiger partial charge in [0.2, 0.25) is 5.91 Å². The summed E-state index contributed by atoms with van der Waals surface area (Å²) in [4.78, 5) is 21.8. The molecule has 1 aliphatic heterocycles. The zero-order valence-corrected chi connectivity index (χ0v) is 17.8. The van der Waals surface area contributed by atoms with Gasteiger partial charge in [-0.3, -0.25) is 9.79 Å². The summed E-state index contributed by atoms with van der Waals surface area (Å²) in [5, 5.41) is 9.35. The molecule has 1 fully saturated rings. The van der Waals surface area contributed by atoms with Gasteiger partial charge < -0.3 is 20.9 Å². The highest BCUT2D eigenvalue weighted by Crippen LogP contribution is 2.20. The highest BCUT2D eigenvalue weighted by atomic mass is 127. The molecule has 1 aliphatic rings.